The fourth-order valence-corrected chi connectivity index (χ4v) is 3.61. The lowest BCUT2D eigenvalue weighted by Gasteiger charge is -2.11. The van der Waals surface area contributed by atoms with Crippen LogP contribution in [0.15, 0.2) is 71.8 Å². The summed E-state index contributed by atoms with van der Waals surface area (Å²) < 4.78 is 66.9. The molecule has 0 fully saturated rings. The van der Waals surface area contributed by atoms with Crippen LogP contribution in [0.5, 0.6) is 11.5 Å². The number of amides is 3. The quantitative estimate of drug-likeness (QED) is 0.445. The summed E-state index contributed by atoms with van der Waals surface area (Å²) in [5.41, 5.74) is -4.68. The molecule has 1 heterocycles. The zero-order valence-corrected chi connectivity index (χ0v) is 18.9. The molecular formula is C22H19F3N4O5S. The third-order valence-electron chi connectivity index (χ3n) is 4.51. The van der Waals surface area contributed by atoms with Crippen LogP contribution in [0.1, 0.15) is 16.1 Å². The number of benzene rings is 2. The van der Waals surface area contributed by atoms with E-state index in [0.29, 0.717) is 17.2 Å². The van der Waals surface area contributed by atoms with Crippen LogP contribution < -0.4 is 20.7 Å². The number of pyridine rings is 1. The second-order valence-electron chi connectivity index (χ2n) is 6.99. The van der Waals surface area contributed by atoms with Gasteiger partial charge in [-0.3, -0.25) is 9.78 Å². The zero-order valence-electron chi connectivity index (χ0n) is 18.1. The molecule has 3 rings (SSSR count). The van der Waals surface area contributed by atoms with Crippen LogP contribution in [0.25, 0.3) is 0 Å². The molecule has 0 aliphatic carbocycles. The van der Waals surface area contributed by atoms with E-state index < -0.39 is 26.3 Å². The maximum Gasteiger partial charge on any atom is 0.501 e. The SMILES string of the molecule is CNC(=O)c1cc(Oc2ccc(NC(=O)NCc3cccc(S(=O)(=O)C(F)(F)F)c3)cc2)ccn1. The van der Waals surface area contributed by atoms with E-state index in [9.17, 15) is 31.2 Å². The van der Waals surface area contributed by atoms with Gasteiger partial charge < -0.3 is 20.7 Å². The molecule has 3 N–H and O–H groups in total. The molecule has 0 radical (unpaired) electrons. The number of aromatic nitrogens is 1. The Morgan fingerprint density at radius 3 is 2.37 bits per heavy atom. The number of ether oxygens (including phenoxy) is 1. The van der Waals surface area contributed by atoms with Crippen molar-refractivity contribution in [2.24, 2.45) is 0 Å². The molecule has 1 aromatic heterocycles. The number of urea groups is 1. The van der Waals surface area contributed by atoms with Gasteiger partial charge in [0.15, 0.2) is 0 Å². The van der Waals surface area contributed by atoms with Crippen molar-refractivity contribution in [1.29, 1.82) is 0 Å². The third-order valence-corrected chi connectivity index (χ3v) is 5.99. The molecule has 0 aliphatic rings. The minimum atomic E-state index is -5.48. The Balaban J connectivity index is 1.57. The summed E-state index contributed by atoms with van der Waals surface area (Å²) in [6.07, 6.45) is 1.43. The van der Waals surface area contributed by atoms with Crippen LogP contribution in [-0.4, -0.2) is 37.9 Å². The Hall–Kier alpha value is -4.13. The molecule has 35 heavy (non-hydrogen) atoms. The summed E-state index contributed by atoms with van der Waals surface area (Å²) in [7, 11) is -4.00. The Bertz CT molecular complexity index is 1330. The van der Waals surface area contributed by atoms with Crippen LogP contribution in [0, 0.1) is 0 Å². The highest BCUT2D eigenvalue weighted by atomic mass is 32.2. The van der Waals surface area contributed by atoms with Gasteiger partial charge in [0.05, 0.1) is 4.90 Å². The smallest absolute Gasteiger partial charge is 0.457 e. The normalized spacial score (nSPS) is 11.4. The monoisotopic (exact) mass is 508 g/mol. The van der Waals surface area contributed by atoms with Crippen molar-refractivity contribution in [1.82, 2.24) is 15.6 Å². The Kier molecular flexibility index (Phi) is 7.59. The van der Waals surface area contributed by atoms with E-state index in [4.69, 9.17) is 4.74 Å². The Labute approximate surface area is 198 Å². The summed E-state index contributed by atoms with van der Waals surface area (Å²) in [5, 5.41) is 7.44. The molecule has 9 nitrogen and oxygen atoms in total. The van der Waals surface area contributed by atoms with Gasteiger partial charge in [-0.2, -0.15) is 13.2 Å². The van der Waals surface area contributed by atoms with E-state index in [-0.39, 0.29) is 23.7 Å². The molecule has 3 aromatic rings. The number of anilines is 1. The third kappa shape index (κ3) is 6.47. The van der Waals surface area contributed by atoms with E-state index in [1.54, 1.807) is 30.3 Å². The van der Waals surface area contributed by atoms with Gasteiger partial charge in [0, 0.05) is 31.5 Å². The fraction of sp³-hybridized carbons (Fsp3) is 0.136. The zero-order chi connectivity index (χ0) is 25.6. The lowest BCUT2D eigenvalue weighted by Crippen LogP contribution is -2.28. The minimum Gasteiger partial charge on any atom is -0.457 e. The van der Waals surface area contributed by atoms with E-state index in [1.807, 2.05) is 0 Å². The number of halogens is 3. The summed E-state index contributed by atoms with van der Waals surface area (Å²) in [6, 6.07) is 12.8. The Morgan fingerprint density at radius 2 is 1.71 bits per heavy atom. The number of nitrogens with zero attached hydrogens (tertiary/aromatic N) is 1. The standard InChI is InChI=1S/C22H19F3N4O5S/c1-26-20(30)19-12-17(9-10-27-19)34-16-7-5-15(6-8-16)29-21(31)28-13-14-3-2-4-18(11-14)35(32,33)22(23,24)25/h2-12H,13H2,1H3,(H,26,30)(H2,28,29,31). The van der Waals surface area contributed by atoms with Gasteiger partial charge in [-0.1, -0.05) is 12.1 Å². The molecule has 0 atom stereocenters. The molecule has 0 spiro atoms. The molecule has 0 saturated heterocycles. The first-order valence-electron chi connectivity index (χ1n) is 9.91. The number of nitrogens with one attached hydrogen (secondary N) is 3. The van der Waals surface area contributed by atoms with E-state index in [2.05, 4.69) is 20.9 Å². The first kappa shape index (κ1) is 25.5. The molecule has 0 aliphatic heterocycles. The van der Waals surface area contributed by atoms with Gasteiger partial charge in [-0.25, -0.2) is 13.2 Å². The maximum absolute atomic E-state index is 12.7. The summed E-state index contributed by atoms with van der Waals surface area (Å²) in [4.78, 5) is 26.8. The predicted molar refractivity (Wildman–Crippen MR) is 120 cm³/mol. The van der Waals surface area contributed by atoms with Crippen LogP contribution in [0.4, 0.5) is 23.7 Å². The van der Waals surface area contributed by atoms with Gasteiger partial charge >= 0.3 is 11.5 Å². The van der Waals surface area contributed by atoms with Crippen LogP contribution >= 0.6 is 0 Å². The second-order valence-corrected chi connectivity index (χ2v) is 8.93. The molecule has 2 aromatic carbocycles. The highest BCUT2D eigenvalue weighted by Crippen LogP contribution is 2.30. The van der Waals surface area contributed by atoms with E-state index in [1.165, 1.54) is 25.4 Å². The number of rotatable bonds is 7. The summed E-state index contributed by atoms with van der Waals surface area (Å²) in [5.74, 6) is 0.439. The van der Waals surface area contributed by atoms with Crippen molar-refractivity contribution in [3.05, 3.63) is 78.1 Å². The van der Waals surface area contributed by atoms with Gasteiger partial charge in [0.1, 0.15) is 17.2 Å². The number of carbonyl (C=O) groups is 2. The fourth-order valence-electron chi connectivity index (χ4n) is 2.78. The van der Waals surface area contributed by atoms with Crippen LogP contribution in [0.3, 0.4) is 0 Å². The molecular weight excluding hydrogens is 489 g/mol. The van der Waals surface area contributed by atoms with Gasteiger partial charge in [-0.15, -0.1) is 0 Å². The number of carbonyl (C=O) groups excluding carboxylic acids is 2. The lowest BCUT2D eigenvalue weighted by molar-refractivity contribution is -0.0436. The van der Waals surface area contributed by atoms with Gasteiger partial charge in [0.25, 0.3) is 15.7 Å². The average Bonchev–Trinajstić information content (AvgIpc) is 2.83. The highest BCUT2D eigenvalue weighted by molar-refractivity contribution is 7.92. The Morgan fingerprint density at radius 1 is 1.00 bits per heavy atom. The summed E-state index contributed by atoms with van der Waals surface area (Å²) >= 11 is 0. The van der Waals surface area contributed by atoms with Crippen molar-refractivity contribution in [3.8, 4) is 11.5 Å². The maximum atomic E-state index is 12.7. The predicted octanol–water partition coefficient (Wildman–Crippen LogP) is 3.85. The molecule has 0 bridgehead atoms. The number of alkyl halides is 3. The number of hydrogen-bond donors (Lipinski definition) is 3. The van der Waals surface area contributed by atoms with Crippen molar-refractivity contribution in [3.63, 3.8) is 0 Å². The van der Waals surface area contributed by atoms with Crippen LogP contribution in [-0.2, 0) is 16.4 Å². The molecule has 0 unspecified atom stereocenters. The van der Waals surface area contributed by atoms with Crippen LogP contribution in [0.2, 0.25) is 0 Å². The van der Waals surface area contributed by atoms with Crippen molar-refractivity contribution in [2.45, 2.75) is 16.9 Å². The first-order chi connectivity index (χ1) is 16.5. The number of sulfone groups is 1. The molecule has 3 amide bonds. The van der Waals surface area contributed by atoms with Gasteiger partial charge in [0.2, 0.25) is 0 Å². The lowest BCUT2D eigenvalue weighted by atomic mass is 10.2. The average molecular weight is 508 g/mol. The topological polar surface area (TPSA) is 126 Å². The molecule has 0 saturated carbocycles. The largest absolute Gasteiger partial charge is 0.501 e. The van der Waals surface area contributed by atoms with Gasteiger partial charge in [-0.05, 0) is 48.0 Å². The minimum absolute atomic E-state index is 0.169. The second kappa shape index (κ2) is 10.4. The van der Waals surface area contributed by atoms with Crippen molar-refractivity contribution < 1.29 is 35.9 Å². The first-order valence-corrected chi connectivity index (χ1v) is 11.4. The van der Waals surface area contributed by atoms with Crippen molar-refractivity contribution >= 4 is 27.5 Å². The number of hydrogen-bond acceptors (Lipinski definition) is 6. The van der Waals surface area contributed by atoms with E-state index in [0.717, 1.165) is 18.2 Å². The molecule has 13 heteroatoms. The van der Waals surface area contributed by atoms with E-state index >= 15 is 0 Å². The molecule has 184 valence electrons. The highest BCUT2D eigenvalue weighted by Gasteiger charge is 2.46. The summed E-state index contributed by atoms with van der Waals surface area (Å²) in [6.45, 7) is -0.204. The van der Waals surface area contributed by atoms with Crippen molar-refractivity contribution in [2.75, 3.05) is 12.4 Å².